The topological polar surface area (TPSA) is 74.7 Å². The number of amides is 1. The van der Waals surface area contributed by atoms with Crippen LogP contribution in [0.2, 0.25) is 0 Å². The van der Waals surface area contributed by atoms with E-state index in [0.29, 0.717) is 18.9 Å². The zero-order valence-corrected chi connectivity index (χ0v) is 15.1. The maximum absolute atomic E-state index is 11.0. The van der Waals surface area contributed by atoms with Gasteiger partial charge in [-0.3, -0.25) is 5.32 Å². The van der Waals surface area contributed by atoms with Crippen LogP contribution in [0.3, 0.4) is 0 Å². The third kappa shape index (κ3) is 3.57. The zero-order chi connectivity index (χ0) is 18.8. The fourth-order valence-corrected chi connectivity index (χ4v) is 3.47. The number of benzene rings is 2. The molecule has 1 amide bonds. The van der Waals surface area contributed by atoms with Crippen LogP contribution in [0.1, 0.15) is 5.56 Å². The van der Waals surface area contributed by atoms with Gasteiger partial charge in [-0.25, -0.2) is 9.78 Å². The Labute approximate surface area is 157 Å². The van der Waals surface area contributed by atoms with Gasteiger partial charge >= 0.3 is 6.09 Å². The smallest absolute Gasteiger partial charge is 0.409 e. The Balaban J connectivity index is 1.91. The lowest BCUT2D eigenvalue weighted by atomic mass is 9.96. The van der Waals surface area contributed by atoms with E-state index in [9.17, 15) is 4.79 Å². The summed E-state index contributed by atoms with van der Waals surface area (Å²) < 4.78 is 5.46. The van der Waals surface area contributed by atoms with Crippen molar-refractivity contribution in [2.45, 2.75) is 6.92 Å². The minimum atomic E-state index is -1.08. The Morgan fingerprint density at radius 3 is 2.63 bits per heavy atom. The lowest BCUT2D eigenvalue weighted by molar-refractivity contribution is 0.122. The monoisotopic (exact) mass is 363 g/mol. The number of fused-ring (bicyclic) bond motifs is 1. The highest BCUT2D eigenvalue weighted by molar-refractivity contribution is 5.99. The van der Waals surface area contributed by atoms with Crippen molar-refractivity contribution in [3.63, 3.8) is 0 Å². The number of nitrogens with zero attached hydrogens (tertiary/aromatic N) is 2. The number of nitrogens with one attached hydrogen (secondary N) is 1. The molecule has 1 saturated heterocycles. The van der Waals surface area contributed by atoms with Crippen molar-refractivity contribution in [3.05, 3.63) is 54.1 Å². The number of pyridine rings is 1. The largest absolute Gasteiger partial charge is 0.465 e. The molecule has 1 aliphatic heterocycles. The van der Waals surface area contributed by atoms with Crippen LogP contribution in [0.4, 0.5) is 16.3 Å². The first-order valence-electron chi connectivity index (χ1n) is 8.95. The van der Waals surface area contributed by atoms with Crippen LogP contribution >= 0.6 is 0 Å². The number of rotatable bonds is 3. The molecule has 0 spiro atoms. The van der Waals surface area contributed by atoms with E-state index in [2.05, 4.69) is 35.3 Å². The molecule has 27 heavy (non-hydrogen) atoms. The highest BCUT2D eigenvalue weighted by Crippen LogP contribution is 2.34. The van der Waals surface area contributed by atoms with Crippen LogP contribution in [0, 0.1) is 6.92 Å². The lowest BCUT2D eigenvalue weighted by Gasteiger charge is -2.28. The molecule has 6 heteroatoms. The van der Waals surface area contributed by atoms with E-state index in [1.807, 2.05) is 24.3 Å². The first-order valence-corrected chi connectivity index (χ1v) is 8.95. The van der Waals surface area contributed by atoms with Crippen LogP contribution in [-0.4, -0.2) is 42.5 Å². The number of ether oxygens (including phenoxy) is 1. The van der Waals surface area contributed by atoms with Gasteiger partial charge in [0.25, 0.3) is 0 Å². The van der Waals surface area contributed by atoms with E-state index in [1.54, 1.807) is 6.07 Å². The van der Waals surface area contributed by atoms with E-state index >= 15 is 0 Å². The number of carboxylic acid groups (broad SMARTS) is 1. The maximum atomic E-state index is 11.0. The van der Waals surface area contributed by atoms with Crippen LogP contribution < -0.4 is 10.2 Å². The maximum Gasteiger partial charge on any atom is 0.409 e. The summed E-state index contributed by atoms with van der Waals surface area (Å²) in [5.74, 6) is 0.919. The van der Waals surface area contributed by atoms with Crippen molar-refractivity contribution < 1.29 is 14.6 Å². The molecule has 138 valence electrons. The lowest BCUT2D eigenvalue weighted by Crippen LogP contribution is -2.36. The van der Waals surface area contributed by atoms with Gasteiger partial charge in [0.05, 0.1) is 18.7 Å². The Bertz CT molecular complexity index is 997. The fraction of sp³-hybridized carbons (Fsp3) is 0.238. The average molecular weight is 363 g/mol. The molecular formula is C21H21N3O3. The van der Waals surface area contributed by atoms with Gasteiger partial charge in [0.2, 0.25) is 0 Å². The van der Waals surface area contributed by atoms with Gasteiger partial charge in [-0.05, 0) is 47.9 Å². The van der Waals surface area contributed by atoms with Crippen molar-refractivity contribution in [3.8, 4) is 11.1 Å². The highest BCUT2D eigenvalue weighted by atomic mass is 16.5. The predicted molar refractivity (Wildman–Crippen MR) is 107 cm³/mol. The molecule has 3 aromatic rings. The quantitative estimate of drug-likeness (QED) is 0.732. The van der Waals surface area contributed by atoms with Gasteiger partial charge in [0.15, 0.2) is 0 Å². The highest BCUT2D eigenvalue weighted by Gasteiger charge is 2.17. The van der Waals surface area contributed by atoms with E-state index < -0.39 is 6.09 Å². The standard InChI is InChI=1S/C21H21N3O3/c1-14-4-2-3-5-16(14)17-13-20(24-8-10-27-11-9-24)23-19-7-6-15(12-18(17)19)22-21(25)26/h2-7,12-13,22H,8-11H2,1H3,(H,25,26). The molecule has 0 radical (unpaired) electrons. The molecule has 1 fully saturated rings. The molecule has 0 atom stereocenters. The third-order valence-electron chi connectivity index (χ3n) is 4.82. The molecule has 2 aromatic carbocycles. The van der Waals surface area contributed by atoms with Gasteiger partial charge in [0.1, 0.15) is 5.82 Å². The Morgan fingerprint density at radius 2 is 1.89 bits per heavy atom. The van der Waals surface area contributed by atoms with Gasteiger partial charge in [0, 0.05) is 24.2 Å². The second-order valence-corrected chi connectivity index (χ2v) is 6.60. The molecule has 4 rings (SSSR count). The Morgan fingerprint density at radius 1 is 1.11 bits per heavy atom. The first kappa shape index (κ1) is 17.3. The second-order valence-electron chi connectivity index (χ2n) is 6.60. The molecule has 2 heterocycles. The SMILES string of the molecule is Cc1ccccc1-c1cc(N2CCOCC2)nc2ccc(NC(=O)O)cc12. The summed E-state index contributed by atoms with van der Waals surface area (Å²) in [6.45, 7) is 5.09. The summed E-state index contributed by atoms with van der Waals surface area (Å²) in [6.07, 6.45) is -1.08. The normalized spacial score (nSPS) is 14.3. The van der Waals surface area contributed by atoms with E-state index in [0.717, 1.165) is 46.5 Å². The van der Waals surface area contributed by atoms with Gasteiger partial charge < -0.3 is 14.7 Å². The molecule has 1 aliphatic rings. The number of hydrogen-bond donors (Lipinski definition) is 2. The number of hydrogen-bond acceptors (Lipinski definition) is 4. The number of aryl methyl sites for hydroxylation is 1. The summed E-state index contributed by atoms with van der Waals surface area (Å²) in [6, 6.07) is 15.8. The van der Waals surface area contributed by atoms with Gasteiger partial charge in [-0.1, -0.05) is 24.3 Å². The van der Waals surface area contributed by atoms with Gasteiger partial charge in [-0.2, -0.15) is 0 Å². The van der Waals surface area contributed by atoms with Crippen LogP contribution in [0.15, 0.2) is 48.5 Å². The van der Waals surface area contributed by atoms with Crippen LogP contribution in [0.5, 0.6) is 0 Å². The van der Waals surface area contributed by atoms with E-state index in [4.69, 9.17) is 14.8 Å². The molecule has 1 aromatic heterocycles. The van der Waals surface area contributed by atoms with Crippen molar-refractivity contribution in [1.29, 1.82) is 0 Å². The summed E-state index contributed by atoms with van der Waals surface area (Å²) in [7, 11) is 0. The zero-order valence-electron chi connectivity index (χ0n) is 15.1. The first-order chi connectivity index (χ1) is 13.1. The summed E-state index contributed by atoms with van der Waals surface area (Å²) >= 11 is 0. The van der Waals surface area contributed by atoms with E-state index in [1.165, 1.54) is 0 Å². The molecule has 0 bridgehead atoms. The molecule has 6 nitrogen and oxygen atoms in total. The van der Waals surface area contributed by atoms with Crippen molar-refractivity contribution in [1.82, 2.24) is 4.98 Å². The predicted octanol–water partition coefficient (Wildman–Crippen LogP) is 4.14. The third-order valence-corrected chi connectivity index (χ3v) is 4.82. The second kappa shape index (κ2) is 7.25. The Kier molecular flexibility index (Phi) is 4.64. The number of carbonyl (C=O) groups is 1. The fourth-order valence-electron chi connectivity index (χ4n) is 3.47. The van der Waals surface area contributed by atoms with Crippen molar-refractivity contribution in [2.24, 2.45) is 0 Å². The summed E-state index contributed by atoms with van der Waals surface area (Å²) in [4.78, 5) is 18.1. The molecule has 0 saturated carbocycles. The molecule has 0 aliphatic carbocycles. The van der Waals surface area contributed by atoms with Crippen molar-refractivity contribution in [2.75, 3.05) is 36.5 Å². The van der Waals surface area contributed by atoms with Crippen molar-refractivity contribution >= 4 is 28.5 Å². The van der Waals surface area contributed by atoms with E-state index in [-0.39, 0.29) is 0 Å². The average Bonchev–Trinajstić information content (AvgIpc) is 2.68. The van der Waals surface area contributed by atoms with Crippen LogP contribution in [-0.2, 0) is 4.74 Å². The molecule has 2 N–H and O–H groups in total. The summed E-state index contributed by atoms with van der Waals surface area (Å²) in [5, 5.41) is 12.4. The minimum absolute atomic E-state index is 0.533. The van der Waals surface area contributed by atoms with Crippen LogP contribution in [0.25, 0.3) is 22.0 Å². The summed E-state index contributed by atoms with van der Waals surface area (Å²) in [5.41, 5.74) is 4.70. The minimum Gasteiger partial charge on any atom is -0.465 e. The molecule has 0 unspecified atom stereocenters. The number of aromatic nitrogens is 1. The molecular weight excluding hydrogens is 342 g/mol. The number of anilines is 2. The number of morpholine rings is 1. The van der Waals surface area contributed by atoms with Gasteiger partial charge in [-0.15, -0.1) is 0 Å². The Hall–Kier alpha value is -3.12.